The van der Waals surface area contributed by atoms with E-state index < -0.39 is 0 Å². The average Bonchev–Trinajstić information content (AvgIpc) is 2.18. The zero-order valence-corrected chi connectivity index (χ0v) is 9.83. The average molecular weight is 213 g/mol. The molecule has 15 heavy (non-hydrogen) atoms. The Balaban J connectivity index is 2.27. The van der Waals surface area contributed by atoms with Crippen molar-refractivity contribution in [2.24, 2.45) is 11.7 Å². The summed E-state index contributed by atoms with van der Waals surface area (Å²) in [5.74, 6) is 0.428. The number of amides is 1. The van der Waals surface area contributed by atoms with Crippen molar-refractivity contribution in [3.8, 4) is 0 Å². The first-order chi connectivity index (χ1) is 7.09. The molecule has 1 amide bonds. The molecule has 0 aromatic carbocycles. The van der Waals surface area contributed by atoms with Gasteiger partial charge in [0.1, 0.15) is 0 Å². The van der Waals surface area contributed by atoms with Gasteiger partial charge in [-0.25, -0.2) is 5.01 Å². The SMILES string of the molecule is CC(C)CC(N)C(=O)NN1CCCCC1. The highest BCUT2D eigenvalue weighted by atomic mass is 16.2. The molecule has 88 valence electrons. The zero-order chi connectivity index (χ0) is 11.3. The van der Waals surface area contributed by atoms with Gasteiger partial charge in [0.25, 0.3) is 5.91 Å². The van der Waals surface area contributed by atoms with Gasteiger partial charge in [-0.15, -0.1) is 0 Å². The molecule has 1 aliphatic heterocycles. The van der Waals surface area contributed by atoms with Crippen LogP contribution in [0.15, 0.2) is 0 Å². The number of carbonyl (C=O) groups is 1. The summed E-state index contributed by atoms with van der Waals surface area (Å²) < 4.78 is 0. The molecule has 4 heteroatoms. The highest BCUT2D eigenvalue weighted by molar-refractivity contribution is 5.80. The Bertz CT molecular complexity index is 200. The molecule has 0 aromatic heterocycles. The van der Waals surface area contributed by atoms with Crippen LogP contribution >= 0.6 is 0 Å². The van der Waals surface area contributed by atoms with Gasteiger partial charge in [-0.05, 0) is 25.2 Å². The van der Waals surface area contributed by atoms with Gasteiger partial charge in [0, 0.05) is 13.1 Å². The summed E-state index contributed by atoms with van der Waals surface area (Å²) in [5.41, 5.74) is 8.69. The van der Waals surface area contributed by atoms with E-state index in [1.165, 1.54) is 19.3 Å². The second-order valence-electron chi connectivity index (χ2n) is 4.76. The molecule has 0 radical (unpaired) electrons. The van der Waals surface area contributed by atoms with Gasteiger partial charge in [0.05, 0.1) is 6.04 Å². The van der Waals surface area contributed by atoms with Gasteiger partial charge >= 0.3 is 0 Å². The number of nitrogens with two attached hydrogens (primary N) is 1. The molecule has 4 nitrogen and oxygen atoms in total. The standard InChI is InChI=1S/C11H23N3O/c1-9(2)8-10(12)11(15)13-14-6-4-3-5-7-14/h9-10H,3-8,12H2,1-2H3,(H,13,15). The van der Waals surface area contributed by atoms with Crippen molar-refractivity contribution in [1.29, 1.82) is 0 Å². The quantitative estimate of drug-likeness (QED) is 0.728. The summed E-state index contributed by atoms with van der Waals surface area (Å²) >= 11 is 0. The van der Waals surface area contributed by atoms with Gasteiger partial charge in [-0.1, -0.05) is 20.3 Å². The number of rotatable bonds is 4. The molecule has 0 aromatic rings. The van der Waals surface area contributed by atoms with Crippen molar-refractivity contribution in [3.63, 3.8) is 0 Å². The molecule has 0 saturated carbocycles. The van der Waals surface area contributed by atoms with E-state index >= 15 is 0 Å². The monoisotopic (exact) mass is 213 g/mol. The second kappa shape index (κ2) is 6.08. The van der Waals surface area contributed by atoms with Crippen LogP contribution in [-0.4, -0.2) is 30.0 Å². The lowest BCUT2D eigenvalue weighted by atomic mass is 10.0. The normalized spacial score (nSPS) is 20.3. The van der Waals surface area contributed by atoms with Crippen molar-refractivity contribution in [2.45, 2.75) is 45.6 Å². The number of hydrogen-bond acceptors (Lipinski definition) is 3. The van der Waals surface area contributed by atoms with Crippen LogP contribution in [0.3, 0.4) is 0 Å². The predicted molar refractivity (Wildman–Crippen MR) is 61.0 cm³/mol. The second-order valence-corrected chi connectivity index (χ2v) is 4.76. The Kier molecular flexibility index (Phi) is 5.05. The number of nitrogens with one attached hydrogen (secondary N) is 1. The molecule has 1 heterocycles. The minimum Gasteiger partial charge on any atom is -0.320 e. The molecule has 0 aliphatic carbocycles. The number of hydrogen-bond donors (Lipinski definition) is 2. The largest absolute Gasteiger partial charge is 0.320 e. The summed E-state index contributed by atoms with van der Waals surface area (Å²) in [7, 11) is 0. The third kappa shape index (κ3) is 4.62. The zero-order valence-electron chi connectivity index (χ0n) is 9.83. The van der Waals surface area contributed by atoms with Crippen LogP contribution in [-0.2, 0) is 4.79 Å². The fraction of sp³-hybridized carbons (Fsp3) is 0.909. The smallest absolute Gasteiger partial charge is 0.251 e. The first-order valence-corrected chi connectivity index (χ1v) is 5.90. The third-order valence-electron chi connectivity index (χ3n) is 2.69. The van der Waals surface area contributed by atoms with E-state index in [0.29, 0.717) is 5.92 Å². The summed E-state index contributed by atoms with van der Waals surface area (Å²) in [6.45, 7) is 6.07. The van der Waals surface area contributed by atoms with Crippen molar-refractivity contribution in [3.05, 3.63) is 0 Å². The molecule has 0 bridgehead atoms. The summed E-state index contributed by atoms with van der Waals surface area (Å²) in [6.07, 6.45) is 4.35. The van der Waals surface area contributed by atoms with E-state index in [-0.39, 0.29) is 11.9 Å². The molecule has 1 aliphatic rings. The van der Waals surface area contributed by atoms with Crippen LogP contribution < -0.4 is 11.2 Å². The topological polar surface area (TPSA) is 58.4 Å². The third-order valence-corrected chi connectivity index (χ3v) is 2.69. The Morgan fingerprint density at radius 2 is 1.93 bits per heavy atom. The summed E-state index contributed by atoms with van der Waals surface area (Å²) in [4.78, 5) is 11.7. The first kappa shape index (κ1) is 12.5. The summed E-state index contributed by atoms with van der Waals surface area (Å²) in [5, 5.41) is 1.99. The number of piperidine rings is 1. The van der Waals surface area contributed by atoms with Crippen molar-refractivity contribution < 1.29 is 4.79 Å². The Hall–Kier alpha value is -0.610. The van der Waals surface area contributed by atoms with Crippen LogP contribution in [0, 0.1) is 5.92 Å². The predicted octanol–water partition coefficient (Wildman–Crippen LogP) is 0.877. The maximum atomic E-state index is 11.7. The molecular formula is C11H23N3O. The molecule has 1 atom stereocenters. The number of nitrogens with zero attached hydrogens (tertiary/aromatic N) is 1. The van der Waals surface area contributed by atoms with E-state index in [0.717, 1.165) is 19.5 Å². The minimum atomic E-state index is -0.369. The van der Waals surface area contributed by atoms with Gasteiger partial charge in [-0.3, -0.25) is 10.2 Å². The highest BCUT2D eigenvalue weighted by Crippen LogP contribution is 2.07. The molecule has 1 fully saturated rings. The fourth-order valence-corrected chi connectivity index (χ4v) is 1.86. The number of carbonyl (C=O) groups excluding carboxylic acids is 1. The van der Waals surface area contributed by atoms with E-state index in [9.17, 15) is 4.79 Å². The lowest BCUT2D eigenvalue weighted by Gasteiger charge is -2.28. The van der Waals surface area contributed by atoms with Crippen LogP contribution in [0.5, 0.6) is 0 Å². The van der Waals surface area contributed by atoms with Crippen molar-refractivity contribution in [1.82, 2.24) is 10.4 Å². The fourth-order valence-electron chi connectivity index (χ4n) is 1.86. The molecule has 3 N–H and O–H groups in total. The molecule has 1 rings (SSSR count). The van der Waals surface area contributed by atoms with E-state index in [4.69, 9.17) is 5.73 Å². The maximum absolute atomic E-state index is 11.7. The Morgan fingerprint density at radius 3 is 2.47 bits per heavy atom. The lowest BCUT2D eigenvalue weighted by Crippen LogP contribution is -2.51. The van der Waals surface area contributed by atoms with Gasteiger partial charge < -0.3 is 5.73 Å². The Morgan fingerprint density at radius 1 is 1.33 bits per heavy atom. The highest BCUT2D eigenvalue weighted by Gasteiger charge is 2.18. The Labute approximate surface area is 92.2 Å². The van der Waals surface area contributed by atoms with Crippen LogP contribution in [0.1, 0.15) is 39.5 Å². The van der Waals surface area contributed by atoms with E-state index in [2.05, 4.69) is 19.3 Å². The van der Waals surface area contributed by atoms with Crippen molar-refractivity contribution >= 4 is 5.91 Å². The van der Waals surface area contributed by atoms with Gasteiger partial charge in [0.2, 0.25) is 0 Å². The van der Waals surface area contributed by atoms with Crippen LogP contribution in [0.2, 0.25) is 0 Å². The minimum absolute atomic E-state index is 0.0365. The van der Waals surface area contributed by atoms with Crippen LogP contribution in [0.25, 0.3) is 0 Å². The van der Waals surface area contributed by atoms with E-state index in [1.54, 1.807) is 0 Å². The number of hydrazine groups is 1. The molecular weight excluding hydrogens is 190 g/mol. The lowest BCUT2D eigenvalue weighted by molar-refractivity contribution is -0.128. The molecule has 1 unspecified atom stereocenters. The van der Waals surface area contributed by atoms with Crippen LogP contribution in [0.4, 0.5) is 0 Å². The summed E-state index contributed by atoms with van der Waals surface area (Å²) in [6, 6.07) is -0.369. The van der Waals surface area contributed by atoms with Gasteiger partial charge in [0.15, 0.2) is 0 Å². The van der Waals surface area contributed by atoms with Gasteiger partial charge in [-0.2, -0.15) is 0 Å². The molecule has 0 spiro atoms. The maximum Gasteiger partial charge on any atom is 0.251 e. The first-order valence-electron chi connectivity index (χ1n) is 5.90. The van der Waals surface area contributed by atoms with E-state index in [1.807, 2.05) is 5.01 Å². The molecule has 1 saturated heterocycles. The van der Waals surface area contributed by atoms with Crippen molar-refractivity contribution in [2.75, 3.05) is 13.1 Å².